The Labute approximate surface area is 134 Å². The number of methoxy groups -OCH3 is 1. The molecule has 1 aliphatic rings. The second-order valence-corrected chi connectivity index (χ2v) is 5.63. The number of esters is 1. The van der Waals surface area contributed by atoms with Crippen LogP contribution in [0.2, 0.25) is 0 Å². The Balaban J connectivity index is 2.13. The van der Waals surface area contributed by atoms with E-state index in [9.17, 15) is 9.59 Å². The van der Waals surface area contributed by atoms with Gasteiger partial charge in [-0.1, -0.05) is 0 Å². The number of ether oxygens (including phenoxy) is 1. The van der Waals surface area contributed by atoms with Crippen LogP contribution in [0.25, 0.3) is 11.6 Å². The summed E-state index contributed by atoms with van der Waals surface area (Å²) < 4.78 is 5.39. The first-order chi connectivity index (χ1) is 10.5. The Morgan fingerprint density at radius 3 is 2.91 bits per heavy atom. The molecule has 0 fully saturated rings. The number of carbonyl (C=O) groups is 2. The van der Waals surface area contributed by atoms with Crippen molar-refractivity contribution in [2.45, 2.75) is 6.92 Å². The van der Waals surface area contributed by atoms with Crippen LogP contribution >= 0.6 is 15.9 Å². The van der Waals surface area contributed by atoms with Gasteiger partial charge in [0.2, 0.25) is 0 Å². The van der Waals surface area contributed by atoms with Crippen molar-refractivity contribution in [3.05, 3.63) is 45.4 Å². The lowest BCUT2D eigenvalue weighted by Crippen LogP contribution is -2.05. The number of amides is 1. The maximum atomic E-state index is 12.1. The second-order valence-electron chi connectivity index (χ2n) is 4.81. The first-order valence-electron chi connectivity index (χ1n) is 6.47. The monoisotopic (exact) mass is 361 g/mol. The van der Waals surface area contributed by atoms with E-state index in [-0.39, 0.29) is 5.91 Å². The van der Waals surface area contributed by atoms with Gasteiger partial charge in [-0.15, -0.1) is 0 Å². The summed E-state index contributed by atoms with van der Waals surface area (Å²) >= 11 is 3.29. The Hall–Kier alpha value is -2.41. The van der Waals surface area contributed by atoms with Crippen LogP contribution in [-0.4, -0.2) is 29.0 Å². The summed E-state index contributed by atoms with van der Waals surface area (Å²) in [6.07, 6.45) is 1.61. The molecule has 1 amide bonds. The standard InChI is InChI=1S/C15H12BrN3O3/c1-7-5-8(15(21)22-2)11(17-7)6-9-13-10(18-14(9)20)3-4-12(16)19-13/h3-6,17H,1-2H3,(H,18,20)/b9-6-. The van der Waals surface area contributed by atoms with Crippen LogP contribution in [0.1, 0.15) is 27.4 Å². The molecule has 0 spiro atoms. The molecule has 0 bridgehead atoms. The van der Waals surface area contributed by atoms with E-state index in [1.54, 1.807) is 24.3 Å². The van der Waals surface area contributed by atoms with Gasteiger partial charge in [-0.2, -0.15) is 0 Å². The van der Waals surface area contributed by atoms with E-state index >= 15 is 0 Å². The van der Waals surface area contributed by atoms with Crippen molar-refractivity contribution < 1.29 is 14.3 Å². The Kier molecular flexibility index (Phi) is 3.58. The van der Waals surface area contributed by atoms with Crippen LogP contribution in [0.3, 0.4) is 0 Å². The number of aromatic amines is 1. The van der Waals surface area contributed by atoms with Crippen molar-refractivity contribution in [2.75, 3.05) is 12.4 Å². The highest BCUT2D eigenvalue weighted by atomic mass is 79.9. The zero-order valence-corrected chi connectivity index (χ0v) is 13.4. The summed E-state index contributed by atoms with van der Waals surface area (Å²) in [6.45, 7) is 1.83. The number of anilines is 1. The minimum Gasteiger partial charge on any atom is -0.465 e. The Bertz CT molecular complexity index is 823. The molecule has 0 radical (unpaired) electrons. The van der Waals surface area contributed by atoms with E-state index in [0.29, 0.717) is 32.8 Å². The van der Waals surface area contributed by atoms with Gasteiger partial charge in [-0.05, 0) is 47.1 Å². The normalized spacial score (nSPS) is 14.9. The molecule has 3 heterocycles. The minimum absolute atomic E-state index is 0.260. The molecule has 22 heavy (non-hydrogen) atoms. The van der Waals surface area contributed by atoms with Crippen LogP contribution in [0, 0.1) is 6.92 Å². The van der Waals surface area contributed by atoms with Gasteiger partial charge < -0.3 is 15.0 Å². The number of H-pyrrole nitrogens is 1. The number of nitrogens with zero attached hydrogens (tertiary/aromatic N) is 1. The minimum atomic E-state index is -0.461. The predicted octanol–water partition coefficient (Wildman–Crippen LogP) is 2.76. The average molecular weight is 362 g/mol. The molecule has 7 heteroatoms. The van der Waals surface area contributed by atoms with Gasteiger partial charge in [0.15, 0.2) is 0 Å². The molecule has 0 aromatic carbocycles. The van der Waals surface area contributed by atoms with Crippen molar-refractivity contribution in [1.82, 2.24) is 9.97 Å². The Morgan fingerprint density at radius 1 is 1.41 bits per heavy atom. The van der Waals surface area contributed by atoms with Crippen molar-refractivity contribution in [3.8, 4) is 0 Å². The maximum absolute atomic E-state index is 12.1. The van der Waals surface area contributed by atoms with Crippen molar-refractivity contribution >= 4 is 45.1 Å². The van der Waals surface area contributed by atoms with E-state index in [4.69, 9.17) is 4.74 Å². The maximum Gasteiger partial charge on any atom is 0.340 e. The average Bonchev–Trinajstić information content (AvgIpc) is 3.00. The molecule has 0 atom stereocenters. The number of aromatic nitrogens is 2. The van der Waals surface area contributed by atoms with Gasteiger partial charge in [0.25, 0.3) is 5.91 Å². The summed E-state index contributed by atoms with van der Waals surface area (Å²) in [5.74, 6) is -0.722. The first kappa shape index (κ1) is 14.5. The van der Waals surface area contributed by atoms with Crippen molar-refractivity contribution in [3.63, 3.8) is 0 Å². The number of pyridine rings is 1. The van der Waals surface area contributed by atoms with Gasteiger partial charge in [-0.3, -0.25) is 4.79 Å². The van der Waals surface area contributed by atoms with Gasteiger partial charge in [0.1, 0.15) is 10.3 Å². The molecule has 0 aliphatic carbocycles. The SMILES string of the molecule is COC(=O)c1cc(C)[nH]c1/C=C1\C(=O)Nc2ccc(Br)nc21. The zero-order valence-electron chi connectivity index (χ0n) is 11.9. The lowest BCUT2D eigenvalue weighted by Gasteiger charge is -2.00. The predicted molar refractivity (Wildman–Crippen MR) is 85.3 cm³/mol. The van der Waals surface area contributed by atoms with Gasteiger partial charge >= 0.3 is 5.97 Å². The van der Waals surface area contributed by atoms with Crippen LogP contribution in [0.4, 0.5) is 5.69 Å². The highest BCUT2D eigenvalue weighted by Crippen LogP contribution is 2.33. The summed E-state index contributed by atoms with van der Waals surface area (Å²) in [4.78, 5) is 31.3. The van der Waals surface area contributed by atoms with Crippen molar-refractivity contribution in [1.29, 1.82) is 0 Å². The zero-order chi connectivity index (χ0) is 15.9. The largest absolute Gasteiger partial charge is 0.465 e. The lowest BCUT2D eigenvalue weighted by molar-refractivity contribution is -0.110. The molecule has 0 unspecified atom stereocenters. The molecule has 0 saturated heterocycles. The van der Waals surface area contributed by atoms with Gasteiger partial charge in [0, 0.05) is 5.69 Å². The van der Waals surface area contributed by atoms with E-state index in [2.05, 4.69) is 31.2 Å². The number of hydrogen-bond acceptors (Lipinski definition) is 4. The van der Waals surface area contributed by atoms with E-state index in [0.717, 1.165) is 5.69 Å². The van der Waals surface area contributed by atoms with E-state index < -0.39 is 5.97 Å². The first-order valence-corrected chi connectivity index (χ1v) is 7.27. The summed E-state index contributed by atoms with van der Waals surface area (Å²) in [5, 5.41) is 2.74. The van der Waals surface area contributed by atoms with Crippen LogP contribution in [-0.2, 0) is 9.53 Å². The third-order valence-electron chi connectivity index (χ3n) is 3.29. The topological polar surface area (TPSA) is 84.1 Å². The van der Waals surface area contributed by atoms with E-state index in [1.165, 1.54) is 7.11 Å². The molecule has 2 aromatic rings. The number of halogens is 1. The van der Waals surface area contributed by atoms with Gasteiger partial charge in [0.05, 0.1) is 29.6 Å². The quantitative estimate of drug-likeness (QED) is 0.489. The third kappa shape index (κ3) is 2.43. The van der Waals surface area contributed by atoms with Crippen molar-refractivity contribution in [2.24, 2.45) is 0 Å². The molecule has 6 nitrogen and oxygen atoms in total. The number of carbonyl (C=O) groups excluding carboxylic acids is 2. The highest BCUT2D eigenvalue weighted by molar-refractivity contribution is 9.10. The molecule has 2 aromatic heterocycles. The number of aryl methyl sites for hydroxylation is 1. The molecule has 112 valence electrons. The fraction of sp³-hybridized carbons (Fsp3) is 0.133. The fourth-order valence-corrected chi connectivity index (χ4v) is 2.63. The molecule has 2 N–H and O–H groups in total. The summed E-state index contributed by atoms with van der Waals surface area (Å²) in [5.41, 5.74) is 3.27. The lowest BCUT2D eigenvalue weighted by atomic mass is 10.1. The fourth-order valence-electron chi connectivity index (χ4n) is 2.32. The summed E-state index contributed by atoms with van der Waals surface area (Å²) in [6, 6.07) is 5.20. The smallest absolute Gasteiger partial charge is 0.340 e. The number of fused-ring (bicyclic) bond motifs is 1. The second kappa shape index (κ2) is 5.42. The number of rotatable bonds is 2. The molecule has 0 saturated carbocycles. The third-order valence-corrected chi connectivity index (χ3v) is 3.73. The van der Waals surface area contributed by atoms with Gasteiger partial charge in [-0.25, -0.2) is 9.78 Å². The molecule has 1 aliphatic heterocycles. The van der Waals surface area contributed by atoms with Crippen LogP contribution < -0.4 is 5.32 Å². The number of nitrogens with one attached hydrogen (secondary N) is 2. The van der Waals surface area contributed by atoms with Crippen LogP contribution in [0.15, 0.2) is 22.8 Å². The molecule has 3 rings (SSSR count). The number of hydrogen-bond donors (Lipinski definition) is 2. The Morgan fingerprint density at radius 2 is 2.18 bits per heavy atom. The van der Waals surface area contributed by atoms with Crippen LogP contribution in [0.5, 0.6) is 0 Å². The highest BCUT2D eigenvalue weighted by Gasteiger charge is 2.27. The molecular weight excluding hydrogens is 350 g/mol. The summed E-state index contributed by atoms with van der Waals surface area (Å²) in [7, 11) is 1.32. The van der Waals surface area contributed by atoms with E-state index in [1.807, 2.05) is 6.92 Å². The molecular formula is C15H12BrN3O3.